The van der Waals surface area contributed by atoms with Crippen molar-refractivity contribution < 1.29 is 14.7 Å². The Bertz CT molecular complexity index is 457. The molecular formula is C11H12N2O3. The highest BCUT2D eigenvalue weighted by Crippen LogP contribution is 2.22. The summed E-state index contributed by atoms with van der Waals surface area (Å²) in [5.74, 6) is -0.458. The average molecular weight is 220 g/mol. The van der Waals surface area contributed by atoms with E-state index in [1.165, 1.54) is 4.90 Å². The summed E-state index contributed by atoms with van der Waals surface area (Å²) >= 11 is 0. The topological polar surface area (TPSA) is 83.6 Å². The van der Waals surface area contributed by atoms with Crippen molar-refractivity contribution in [2.75, 3.05) is 6.54 Å². The molecule has 0 radical (unpaired) electrons. The lowest BCUT2D eigenvalue weighted by Gasteiger charge is -2.27. The van der Waals surface area contributed by atoms with Crippen molar-refractivity contribution >= 4 is 12.0 Å². The largest absolute Gasteiger partial charge is 0.465 e. The van der Waals surface area contributed by atoms with Crippen molar-refractivity contribution in [1.29, 1.82) is 0 Å². The van der Waals surface area contributed by atoms with Crippen molar-refractivity contribution in [3.8, 4) is 0 Å². The van der Waals surface area contributed by atoms with Crippen molar-refractivity contribution in [2.45, 2.75) is 13.0 Å². The normalized spacial score (nSPS) is 14.4. The predicted octanol–water partition coefficient (Wildman–Crippen LogP) is 0.822. The monoisotopic (exact) mass is 220 g/mol. The predicted molar refractivity (Wildman–Crippen MR) is 57.1 cm³/mol. The zero-order chi connectivity index (χ0) is 11.7. The molecule has 0 saturated carbocycles. The maximum Gasteiger partial charge on any atom is 0.407 e. The van der Waals surface area contributed by atoms with Crippen LogP contribution in [0.25, 0.3) is 0 Å². The van der Waals surface area contributed by atoms with Gasteiger partial charge in [0.05, 0.1) is 0 Å². The first kappa shape index (κ1) is 10.5. The molecule has 0 unspecified atom stereocenters. The number of hydrogen-bond acceptors (Lipinski definition) is 2. The Hall–Kier alpha value is -2.04. The number of benzene rings is 1. The summed E-state index contributed by atoms with van der Waals surface area (Å²) in [6, 6.07) is 5.23. The Kier molecular flexibility index (Phi) is 2.52. The van der Waals surface area contributed by atoms with E-state index in [0.29, 0.717) is 25.1 Å². The highest BCUT2D eigenvalue weighted by molar-refractivity contribution is 5.94. The Morgan fingerprint density at radius 2 is 2.12 bits per heavy atom. The Morgan fingerprint density at radius 1 is 1.38 bits per heavy atom. The smallest absolute Gasteiger partial charge is 0.407 e. The van der Waals surface area contributed by atoms with Crippen LogP contribution >= 0.6 is 0 Å². The zero-order valence-corrected chi connectivity index (χ0v) is 8.64. The Labute approximate surface area is 92.5 Å². The Balaban J connectivity index is 2.38. The molecular weight excluding hydrogens is 208 g/mol. The summed E-state index contributed by atoms with van der Waals surface area (Å²) in [4.78, 5) is 23.3. The van der Waals surface area contributed by atoms with Crippen LogP contribution in [0.5, 0.6) is 0 Å². The maximum atomic E-state index is 11.2. The Morgan fingerprint density at radius 3 is 2.75 bits per heavy atom. The third-order valence-corrected chi connectivity index (χ3v) is 2.80. The highest BCUT2D eigenvalue weighted by Gasteiger charge is 2.22. The van der Waals surface area contributed by atoms with Gasteiger partial charge in [-0.25, -0.2) is 4.79 Å². The van der Waals surface area contributed by atoms with Crippen molar-refractivity contribution in [3.05, 3.63) is 34.9 Å². The molecule has 0 fully saturated rings. The van der Waals surface area contributed by atoms with E-state index >= 15 is 0 Å². The first-order valence-electron chi connectivity index (χ1n) is 4.98. The molecule has 0 atom stereocenters. The number of rotatable bonds is 1. The van der Waals surface area contributed by atoms with Gasteiger partial charge in [0.1, 0.15) is 0 Å². The van der Waals surface area contributed by atoms with E-state index in [4.69, 9.17) is 10.8 Å². The molecule has 0 spiro atoms. The van der Waals surface area contributed by atoms with Crippen LogP contribution in [0.4, 0.5) is 4.79 Å². The summed E-state index contributed by atoms with van der Waals surface area (Å²) in [5.41, 5.74) is 7.51. The van der Waals surface area contributed by atoms with Crippen molar-refractivity contribution in [2.24, 2.45) is 5.73 Å². The summed E-state index contributed by atoms with van der Waals surface area (Å²) in [5, 5.41) is 8.88. The van der Waals surface area contributed by atoms with Gasteiger partial charge in [0.15, 0.2) is 0 Å². The fourth-order valence-corrected chi connectivity index (χ4v) is 2.00. The minimum atomic E-state index is -0.935. The quantitative estimate of drug-likeness (QED) is 0.735. The van der Waals surface area contributed by atoms with Gasteiger partial charge in [0, 0.05) is 18.7 Å². The second-order valence-electron chi connectivity index (χ2n) is 3.76. The van der Waals surface area contributed by atoms with Crippen molar-refractivity contribution in [1.82, 2.24) is 4.90 Å². The van der Waals surface area contributed by atoms with Gasteiger partial charge in [0.25, 0.3) is 0 Å². The van der Waals surface area contributed by atoms with E-state index < -0.39 is 12.0 Å². The van der Waals surface area contributed by atoms with Gasteiger partial charge in [-0.15, -0.1) is 0 Å². The second kappa shape index (κ2) is 3.84. The minimum absolute atomic E-state index is 0.325. The zero-order valence-electron chi connectivity index (χ0n) is 8.64. The van der Waals surface area contributed by atoms with E-state index in [9.17, 15) is 9.59 Å². The van der Waals surface area contributed by atoms with Gasteiger partial charge in [-0.1, -0.05) is 12.1 Å². The molecule has 0 saturated heterocycles. The second-order valence-corrected chi connectivity index (χ2v) is 3.76. The molecule has 1 aromatic rings. The molecule has 84 valence electrons. The van der Waals surface area contributed by atoms with Crippen LogP contribution in [0, 0.1) is 0 Å². The van der Waals surface area contributed by atoms with Crippen LogP contribution in [-0.2, 0) is 13.0 Å². The van der Waals surface area contributed by atoms with E-state index in [2.05, 4.69) is 0 Å². The minimum Gasteiger partial charge on any atom is -0.465 e. The maximum absolute atomic E-state index is 11.2. The van der Waals surface area contributed by atoms with Crippen LogP contribution in [-0.4, -0.2) is 28.6 Å². The number of carboxylic acid groups (broad SMARTS) is 1. The number of amides is 2. The number of hydrogen-bond donors (Lipinski definition) is 2. The van der Waals surface area contributed by atoms with Crippen LogP contribution in [0.1, 0.15) is 21.5 Å². The van der Waals surface area contributed by atoms with E-state index in [1.807, 2.05) is 6.07 Å². The number of nitrogens with zero attached hydrogens (tertiary/aromatic N) is 1. The third kappa shape index (κ3) is 1.71. The molecule has 5 heteroatoms. The summed E-state index contributed by atoms with van der Waals surface area (Å²) in [7, 11) is 0. The molecule has 0 aliphatic carbocycles. The van der Waals surface area contributed by atoms with Crippen LogP contribution in [0.15, 0.2) is 18.2 Å². The molecule has 2 rings (SSSR count). The average Bonchev–Trinajstić information content (AvgIpc) is 2.27. The van der Waals surface area contributed by atoms with Crippen LogP contribution < -0.4 is 5.73 Å². The molecule has 1 aromatic carbocycles. The van der Waals surface area contributed by atoms with Gasteiger partial charge >= 0.3 is 6.09 Å². The summed E-state index contributed by atoms with van der Waals surface area (Å²) in [6.45, 7) is 0.735. The molecule has 1 heterocycles. The number of nitrogens with two attached hydrogens (primary N) is 1. The number of carbonyl (C=O) groups is 2. The van der Waals surface area contributed by atoms with Gasteiger partial charge in [-0.2, -0.15) is 0 Å². The molecule has 16 heavy (non-hydrogen) atoms. The molecule has 0 aromatic heterocycles. The molecule has 5 nitrogen and oxygen atoms in total. The third-order valence-electron chi connectivity index (χ3n) is 2.80. The van der Waals surface area contributed by atoms with E-state index in [1.54, 1.807) is 12.1 Å². The number of carbonyl (C=O) groups excluding carboxylic acids is 1. The molecule has 0 bridgehead atoms. The molecule has 2 amide bonds. The molecule has 3 N–H and O–H groups in total. The fraction of sp³-hybridized carbons (Fsp3) is 0.273. The summed E-state index contributed by atoms with van der Waals surface area (Å²) < 4.78 is 0. The van der Waals surface area contributed by atoms with E-state index in [0.717, 1.165) is 11.1 Å². The van der Waals surface area contributed by atoms with Gasteiger partial charge in [0.2, 0.25) is 5.91 Å². The first-order chi connectivity index (χ1) is 7.59. The SMILES string of the molecule is NC(=O)c1cccc2c1CCN(C(=O)O)C2. The molecule has 1 aliphatic heterocycles. The summed E-state index contributed by atoms with van der Waals surface area (Å²) in [6.07, 6.45) is -0.393. The number of fused-ring (bicyclic) bond motifs is 1. The number of primary amides is 1. The standard InChI is InChI=1S/C11H12N2O3/c12-10(14)9-3-1-2-7-6-13(11(15)16)5-4-8(7)9/h1-3H,4-6H2,(H2,12,14)(H,15,16). The fourth-order valence-electron chi connectivity index (χ4n) is 2.00. The van der Waals surface area contributed by atoms with Crippen LogP contribution in [0.3, 0.4) is 0 Å². The lowest BCUT2D eigenvalue weighted by Crippen LogP contribution is -2.35. The van der Waals surface area contributed by atoms with Gasteiger partial charge < -0.3 is 15.7 Å². The lowest BCUT2D eigenvalue weighted by atomic mass is 9.94. The van der Waals surface area contributed by atoms with Gasteiger partial charge in [-0.3, -0.25) is 4.79 Å². The first-order valence-corrected chi connectivity index (χ1v) is 4.98. The van der Waals surface area contributed by atoms with Gasteiger partial charge in [-0.05, 0) is 23.6 Å². The molecule has 1 aliphatic rings. The van der Waals surface area contributed by atoms with E-state index in [-0.39, 0.29) is 0 Å². The van der Waals surface area contributed by atoms with Crippen LogP contribution in [0.2, 0.25) is 0 Å². The van der Waals surface area contributed by atoms with Crippen molar-refractivity contribution in [3.63, 3.8) is 0 Å². The highest BCUT2D eigenvalue weighted by atomic mass is 16.4. The lowest BCUT2D eigenvalue weighted by molar-refractivity contribution is 0.0998.